The number of aryl methyl sites for hydroxylation is 1. The van der Waals surface area contributed by atoms with E-state index in [4.69, 9.17) is 16.6 Å². The molecule has 1 saturated heterocycles. The number of nitrogens with zero attached hydrogens (tertiary/aromatic N) is 6. The smallest absolute Gasteiger partial charge is 0.219 e. The number of anilines is 2. The molecule has 0 spiro atoms. The number of carbonyl (C=O) groups excluding carboxylic acids is 1. The fourth-order valence-electron chi connectivity index (χ4n) is 4.64. The van der Waals surface area contributed by atoms with E-state index in [0.717, 1.165) is 43.8 Å². The Morgan fingerprint density at radius 1 is 1.19 bits per heavy atom. The van der Waals surface area contributed by atoms with Gasteiger partial charge in [0.1, 0.15) is 11.7 Å². The van der Waals surface area contributed by atoms with E-state index in [1.165, 1.54) is 11.0 Å². The summed E-state index contributed by atoms with van der Waals surface area (Å²) in [6.07, 6.45) is 2.47. The average Bonchev–Trinajstić information content (AvgIpc) is 2.88. The van der Waals surface area contributed by atoms with Crippen molar-refractivity contribution >= 4 is 35.4 Å². The second-order valence-corrected chi connectivity index (χ2v) is 9.91. The first-order valence-electron chi connectivity index (χ1n) is 12.3. The second kappa shape index (κ2) is 11.4. The molecular weight excluding hydrogens is 491 g/mol. The molecule has 0 saturated carbocycles. The van der Waals surface area contributed by atoms with Crippen LogP contribution in [-0.2, 0) is 4.79 Å². The highest BCUT2D eigenvalue weighted by Gasteiger charge is 2.29. The molecule has 1 fully saturated rings. The third-order valence-corrected chi connectivity index (χ3v) is 6.90. The Hall–Kier alpha value is -3.36. The molecule has 1 aliphatic heterocycles. The van der Waals surface area contributed by atoms with Crippen LogP contribution in [0.1, 0.15) is 36.6 Å². The third kappa shape index (κ3) is 5.36. The Balaban J connectivity index is 1.99. The van der Waals surface area contributed by atoms with E-state index in [1.807, 2.05) is 26.8 Å². The molecule has 3 aromatic rings. The summed E-state index contributed by atoms with van der Waals surface area (Å²) in [5.41, 5.74) is 3.39. The largest absolute Gasteiger partial charge is 0.354 e. The SMILES string of the molecule is C/N=C(\c1cc(Cl)c(-c2ccccc2F)nc1N(C=O)c1c(C)ccnc1C(C)C)N1CCN(C)CC1. The van der Waals surface area contributed by atoms with Crippen molar-refractivity contribution in [1.82, 2.24) is 19.8 Å². The van der Waals surface area contributed by atoms with E-state index in [-0.39, 0.29) is 22.2 Å². The Kier molecular flexibility index (Phi) is 8.19. The van der Waals surface area contributed by atoms with Crippen LogP contribution in [0.5, 0.6) is 0 Å². The Morgan fingerprint density at radius 2 is 1.89 bits per heavy atom. The molecule has 0 bridgehead atoms. The van der Waals surface area contributed by atoms with E-state index in [9.17, 15) is 9.18 Å². The number of aliphatic imine (C=N–C) groups is 1. The summed E-state index contributed by atoms with van der Waals surface area (Å²) in [6, 6.07) is 9.94. The quantitative estimate of drug-likeness (QED) is 0.250. The molecule has 7 nitrogen and oxygen atoms in total. The van der Waals surface area contributed by atoms with Crippen LogP contribution < -0.4 is 4.90 Å². The number of amides is 1. The van der Waals surface area contributed by atoms with Crippen LogP contribution in [0.15, 0.2) is 47.6 Å². The van der Waals surface area contributed by atoms with Crippen molar-refractivity contribution in [3.05, 3.63) is 70.3 Å². The van der Waals surface area contributed by atoms with Crippen molar-refractivity contribution in [2.45, 2.75) is 26.7 Å². The van der Waals surface area contributed by atoms with Gasteiger partial charge in [-0.2, -0.15) is 0 Å². The van der Waals surface area contributed by atoms with Gasteiger partial charge in [-0.15, -0.1) is 0 Å². The van der Waals surface area contributed by atoms with Gasteiger partial charge in [0.05, 0.1) is 27.7 Å². The zero-order valence-corrected chi connectivity index (χ0v) is 22.6. The molecule has 9 heteroatoms. The number of piperazine rings is 1. The molecule has 194 valence electrons. The average molecular weight is 523 g/mol. The lowest BCUT2D eigenvalue weighted by Gasteiger charge is -2.35. The van der Waals surface area contributed by atoms with Gasteiger partial charge in [-0.05, 0) is 49.7 Å². The van der Waals surface area contributed by atoms with Crippen LogP contribution in [0, 0.1) is 12.7 Å². The van der Waals surface area contributed by atoms with E-state index < -0.39 is 5.82 Å². The lowest BCUT2D eigenvalue weighted by atomic mass is 10.0. The molecule has 37 heavy (non-hydrogen) atoms. The summed E-state index contributed by atoms with van der Waals surface area (Å²) in [5.74, 6) is 0.612. The van der Waals surface area contributed by atoms with Gasteiger partial charge < -0.3 is 9.80 Å². The first-order valence-corrected chi connectivity index (χ1v) is 12.7. The highest BCUT2D eigenvalue weighted by atomic mass is 35.5. The predicted molar refractivity (Wildman–Crippen MR) is 147 cm³/mol. The molecule has 0 aliphatic carbocycles. The number of benzene rings is 1. The van der Waals surface area contributed by atoms with Crippen LogP contribution in [0.4, 0.5) is 15.9 Å². The summed E-state index contributed by atoms with van der Waals surface area (Å²) < 4.78 is 14.9. The van der Waals surface area contributed by atoms with Gasteiger partial charge in [-0.25, -0.2) is 9.37 Å². The first kappa shape index (κ1) is 26.7. The number of pyridine rings is 2. The number of aromatic nitrogens is 2. The minimum atomic E-state index is -0.447. The van der Waals surface area contributed by atoms with E-state index in [1.54, 1.807) is 37.5 Å². The van der Waals surface area contributed by atoms with Crippen LogP contribution in [0.25, 0.3) is 11.3 Å². The highest BCUT2D eigenvalue weighted by Crippen LogP contribution is 2.38. The van der Waals surface area contributed by atoms with Gasteiger partial charge >= 0.3 is 0 Å². The molecule has 1 aromatic carbocycles. The molecule has 1 aliphatic rings. The summed E-state index contributed by atoms with van der Waals surface area (Å²) >= 11 is 6.75. The summed E-state index contributed by atoms with van der Waals surface area (Å²) in [6.45, 7) is 9.26. The standard InChI is InChI=1S/C28H32ClFN6O/c1-18(2)24-26(19(3)10-11-32-24)36(17-37)28-21(27(31-4)35-14-12-34(5)13-15-35)16-22(29)25(33-28)20-8-6-7-9-23(20)30/h6-11,16-18H,12-15H2,1-5H3/b31-27+. The maximum absolute atomic E-state index is 14.9. The van der Waals surface area contributed by atoms with Crippen molar-refractivity contribution < 1.29 is 9.18 Å². The summed E-state index contributed by atoms with van der Waals surface area (Å²) in [5, 5.41) is 0.275. The zero-order valence-electron chi connectivity index (χ0n) is 21.9. The molecule has 0 atom stereocenters. The second-order valence-electron chi connectivity index (χ2n) is 9.50. The van der Waals surface area contributed by atoms with Crippen molar-refractivity contribution in [3.63, 3.8) is 0 Å². The predicted octanol–water partition coefficient (Wildman–Crippen LogP) is 5.29. The van der Waals surface area contributed by atoms with Crippen LogP contribution in [0.3, 0.4) is 0 Å². The minimum Gasteiger partial charge on any atom is -0.354 e. The number of amidine groups is 1. The van der Waals surface area contributed by atoms with Crippen LogP contribution >= 0.6 is 11.6 Å². The monoisotopic (exact) mass is 522 g/mol. The normalized spacial score (nSPS) is 14.8. The Morgan fingerprint density at radius 3 is 2.51 bits per heavy atom. The molecule has 0 unspecified atom stereocenters. The maximum atomic E-state index is 14.9. The number of rotatable bonds is 6. The van der Waals surface area contributed by atoms with Gasteiger partial charge in [0.15, 0.2) is 5.82 Å². The van der Waals surface area contributed by atoms with E-state index in [2.05, 4.69) is 26.8 Å². The van der Waals surface area contributed by atoms with Gasteiger partial charge in [0.25, 0.3) is 0 Å². The fourth-order valence-corrected chi connectivity index (χ4v) is 4.89. The van der Waals surface area contributed by atoms with Crippen molar-refractivity contribution in [3.8, 4) is 11.3 Å². The van der Waals surface area contributed by atoms with E-state index in [0.29, 0.717) is 22.9 Å². The number of hydrogen-bond donors (Lipinski definition) is 0. The van der Waals surface area contributed by atoms with Crippen LogP contribution in [0.2, 0.25) is 5.02 Å². The highest BCUT2D eigenvalue weighted by molar-refractivity contribution is 6.33. The van der Waals surface area contributed by atoms with Crippen LogP contribution in [-0.4, -0.2) is 72.3 Å². The number of halogens is 2. The Bertz CT molecular complexity index is 1320. The lowest BCUT2D eigenvalue weighted by molar-refractivity contribution is -0.106. The number of likely N-dealkylation sites (N-methyl/N-ethyl adjacent to an activating group) is 1. The van der Waals surface area contributed by atoms with Crippen molar-refractivity contribution in [2.24, 2.45) is 4.99 Å². The molecule has 2 aromatic heterocycles. The number of hydrogen-bond acceptors (Lipinski definition) is 5. The molecule has 0 N–H and O–H groups in total. The maximum Gasteiger partial charge on any atom is 0.219 e. The zero-order chi connectivity index (χ0) is 26.7. The van der Waals surface area contributed by atoms with Gasteiger partial charge in [-0.1, -0.05) is 37.6 Å². The lowest BCUT2D eigenvalue weighted by Crippen LogP contribution is -2.47. The third-order valence-electron chi connectivity index (χ3n) is 6.62. The molecule has 4 rings (SSSR count). The summed E-state index contributed by atoms with van der Waals surface area (Å²) in [7, 11) is 3.80. The van der Waals surface area contributed by atoms with Crippen molar-refractivity contribution in [1.29, 1.82) is 0 Å². The molecular formula is C28H32ClFN6O. The first-order chi connectivity index (χ1) is 17.8. The fraction of sp³-hybridized carbons (Fsp3) is 0.357. The Labute approximate surface area is 222 Å². The number of carbonyl (C=O) groups is 1. The molecule has 0 radical (unpaired) electrons. The molecule has 3 heterocycles. The van der Waals surface area contributed by atoms with Gasteiger partial charge in [0, 0.05) is 45.0 Å². The van der Waals surface area contributed by atoms with E-state index >= 15 is 0 Å². The van der Waals surface area contributed by atoms with Gasteiger partial charge in [-0.3, -0.25) is 19.7 Å². The minimum absolute atomic E-state index is 0.0519. The van der Waals surface area contributed by atoms with Gasteiger partial charge in [0.2, 0.25) is 6.41 Å². The van der Waals surface area contributed by atoms with Crippen molar-refractivity contribution in [2.75, 3.05) is 45.2 Å². The topological polar surface area (TPSA) is 64.9 Å². The molecule has 1 amide bonds. The summed E-state index contributed by atoms with van der Waals surface area (Å²) in [4.78, 5) is 32.8.